The van der Waals surface area contributed by atoms with E-state index in [1.54, 1.807) is 24.3 Å². The first kappa shape index (κ1) is 9.02. The van der Waals surface area contributed by atoms with Gasteiger partial charge in [-0.05, 0) is 24.3 Å². The zero-order valence-corrected chi connectivity index (χ0v) is 7.68. The van der Waals surface area contributed by atoms with Crippen LogP contribution in [0.25, 0.3) is 0 Å². The maximum Gasteiger partial charge on any atom is 0.216 e. The Kier molecular flexibility index (Phi) is 2.37. The molecule has 0 fully saturated rings. The zero-order valence-electron chi connectivity index (χ0n) is 7.68. The SMILES string of the molecule is NCC1CN=C(c2ccc(O)cc2)O1. The number of nitrogens with zero attached hydrogens (tertiary/aromatic N) is 1. The number of rotatable bonds is 2. The number of hydrogen-bond acceptors (Lipinski definition) is 4. The molecule has 74 valence electrons. The van der Waals surface area contributed by atoms with Gasteiger partial charge in [0.05, 0.1) is 6.54 Å². The van der Waals surface area contributed by atoms with Crippen LogP contribution >= 0.6 is 0 Å². The first-order valence-corrected chi connectivity index (χ1v) is 4.50. The predicted molar refractivity (Wildman–Crippen MR) is 53.4 cm³/mol. The van der Waals surface area contributed by atoms with Crippen molar-refractivity contribution < 1.29 is 9.84 Å². The molecule has 1 aromatic carbocycles. The van der Waals surface area contributed by atoms with E-state index in [2.05, 4.69) is 4.99 Å². The summed E-state index contributed by atoms with van der Waals surface area (Å²) >= 11 is 0. The van der Waals surface area contributed by atoms with E-state index in [0.717, 1.165) is 5.56 Å². The van der Waals surface area contributed by atoms with Crippen LogP contribution in [0.15, 0.2) is 29.3 Å². The largest absolute Gasteiger partial charge is 0.508 e. The van der Waals surface area contributed by atoms with Gasteiger partial charge in [0.1, 0.15) is 11.9 Å². The van der Waals surface area contributed by atoms with Gasteiger partial charge < -0.3 is 15.6 Å². The molecular weight excluding hydrogens is 180 g/mol. The number of aliphatic imine (C=N–C) groups is 1. The molecule has 0 aliphatic carbocycles. The summed E-state index contributed by atoms with van der Waals surface area (Å²) < 4.78 is 5.48. The summed E-state index contributed by atoms with van der Waals surface area (Å²) in [6.07, 6.45) is -0.00111. The predicted octanol–water partition coefficient (Wildman–Crippen LogP) is 0.496. The van der Waals surface area contributed by atoms with E-state index < -0.39 is 0 Å². The molecule has 1 aliphatic rings. The quantitative estimate of drug-likeness (QED) is 0.716. The molecule has 1 aromatic rings. The van der Waals surface area contributed by atoms with Gasteiger partial charge in [-0.1, -0.05) is 0 Å². The van der Waals surface area contributed by atoms with E-state index in [-0.39, 0.29) is 11.9 Å². The molecular formula is C10H12N2O2. The number of nitrogens with two attached hydrogens (primary N) is 1. The monoisotopic (exact) mass is 192 g/mol. The van der Waals surface area contributed by atoms with Crippen LogP contribution in [0.5, 0.6) is 5.75 Å². The highest BCUT2D eigenvalue weighted by Gasteiger charge is 2.18. The molecule has 1 heterocycles. The summed E-state index contributed by atoms with van der Waals surface area (Å²) in [5.74, 6) is 0.850. The second kappa shape index (κ2) is 3.67. The molecule has 1 unspecified atom stereocenters. The van der Waals surface area contributed by atoms with Crippen molar-refractivity contribution in [3.05, 3.63) is 29.8 Å². The van der Waals surface area contributed by atoms with Crippen LogP contribution in [-0.2, 0) is 4.74 Å². The fraction of sp³-hybridized carbons (Fsp3) is 0.300. The number of phenolic OH excluding ortho intramolecular Hbond substituents is 1. The lowest BCUT2D eigenvalue weighted by molar-refractivity contribution is 0.233. The molecule has 0 amide bonds. The van der Waals surface area contributed by atoms with Gasteiger partial charge in [-0.2, -0.15) is 0 Å². The lowest BCUT2D eigenvalue weighted by Gasteiger charge is -2.07. The van der Waals surface area contributed by atoms with Gasteiger partial charge in [0.25, 0.3) is 0 Å². The normalized spacial score (nSPS) is 20.4. The van der Waals surface area contributed by atoms with Gasteiger partial charge in [-0.3, -0.25) is 0 Å². The van der Waals surface area contributed by atoms with E-state index >= 15 is 0 Å². The Morgan fingerprint density at radius 1 is 1.43 bits per heavy atom. The van der Waals surface area contributed by atoms with E-state index in [1.165, 1.54) is 0 Å². The zero-order chi connectivity index (χ0) is 9.97. The van der Waals surface area contributed by atoms with Crippen LogP contribution in [-0.4, -0.2) is 30.2 Å². The summed E-state index contributed by atoms with van der Waals surface area (Å²) in [5, 5.41) is 9.10. The third-order valence-corrected chi connectivity index (χ3v) is 2.09. The van der Waals surface area contributed by atoms with Crippen LogP contribution in [0.4, 0.5) is 0 Å². The molecule has 0 spiro atoms. The topological polar surface area (TPSA) is 67.8 Å². The Hall–Kier alpha value is -1.55. The van der Waals surface area contributed by atoms with E-state index in [9.17, 15) is 0 Å². The average molecular weight is 192 g/mol. The van der Waals surface area contributed by atoms with Crippen molar-refractivity contribution in [3.63, 3.8) is 0 Å². The molecule has 0 radical (unpaired) electrons. The van der Waals surface area contributed by atoms with Crippen molar-refractivity contribution in [2.45, 2.75) is 6.10 Å². The summed E-state index contributed by atoms with van der Waals surface area (Å²) in [6.45, 7) is 1.10. The smallest absolute Gasteiger partial charge is 0.216 e. The van der Waals surface area contributed by atoms with Gasteiger partial charge in [-0.15, -0.1) is 0 Å². The third-order valence-electron chi connectivity index (χ3n) is 2.09. The number of ether oxygens (including phenoxy) is 1. The van der Waals surface area contributed by atoms with Crippen molar-refractivity contribution >= 4 is 5.90 Å². The number of aromatic hydroxyl groups is 1. The van der Waals surface area contributed by atoms with Crippen LogP contribution in [0.1, 0.15) is 5.56 Å². The standard InChI is InChI=1S/C10H12N2O2/c11-5-9-6-12-10(14-9)7-1-3-8(13)4-2-7/h1-4,9,13H,5-6,11H2. The van der Waals surface area contributed by atoms with Crippen molar-refractivity contribution in [2.24, 2.45) is 10.7 Å². The van der Waals surface area contributed by atoms with Gasteiger partial charge >= 0.3 is 0 Å². The number of hydrogen-bond donors (Lipinski definition) is 2. The van der Waals surface area contributed by atoms with Crippen LogP contribution in [0, 0.1) is 0 Å². The van der Waals surface area contributed by atoms with E-state index in [0.29, 0.717) is 19.0 Å². The van der Waals surface area contributed by atoms with Crippen LogP contribution in [0.3, 0.4) is 0 Å². The molecule has 1 atom stereocenters. The van der Waals surface area contributed by atoms with Crippen molar-refractivity contribution in [1.29, 1.82) is 0 Å². The third kappa shape index (κ3) is 1.70. The molecule has 0 saturated heterocycles. The molecule has 2 rings (SSSR count). The minimum atomic E-state index is -0.00111. The Morgan fingerprint density at radius 3 is 2.71 bits per heavy atom. The Labute approximate surface area is 82.0 Å². The van der Waals surface area contributed by atoms with E-state index in [4.69, 9.17) is 15.6 Å². The molecule has 3 N–H and O–H groups in total. The summed E-state index contributed by atoms with van der Waals surface area (Å²) in [5.41, 5.74) is 6.33. The van der Waals surface area contributed by atoms with Gasteiger partial charge in [0.15, 0.2) is 0 Å². The molecule has 14 heavy (non-hydrogen) atoms. The van der Waals surface area contributed by atoms with Crippen molar-refractivity contribution in [3.8, 4) is 5.75 Å². The molecule has 0 aromatic heterocycles. The second-order valence-corrected chi connectivity index (χ2v) is 3.17. The molecule has 4 nitrogen and oxygen atoms in total. The summed E-state index contributed by atoms with van der Waals surface area (Å²) in [4.78, 5) is 4.22. The highest BCUT2D eigenvalue weighted by Crippen LogP contribution is 2.15. The summed E-state index contributed by atoms with van der Waals surface area (Å²) in [7, 11) is 0. The first-order chi connectivity index (χ1) is 6.79. The molecule has 0 bridgehead atoms. The highest BCUT2D eigenvalue weighted by molar-refractivity contribution is 5.95. The number of phenols is 1. The lowest BCUT2D eigenvalue weighted by Crippen LogP contribution is -2.23. The lowest BCUT2D eigenvalue weighted by atomic mass is 10.2. The maximum atomic E-state index is 9.10. The maximum absolute atomic E-state index is 9.10. The number of benzene rings is 1. The van der Waals surface area contributed by atoms with Crippen molar-refractivity contribution in [2.75, 3.05) is 13.1 Å². The summed E-state index contributed by atoms with van der Waals surface area (Å²) in [6, 6.07) is 6.76. The fourth-order valence-corrected chi connectivity index (χ4v) is 1.30. The molecule has 1 aliphatic heterocycles. The Balaban J connectivity index is 2.13. The van der Waals surface area contributed by atoms with E-state index in [1.807, 2.05) is 0 Å². The minimum Gasteiger partial charge on any atom is -0.508 e. The van der Waals surface area contributed by atoms with Gasteiger partial charge in [0.2, 0.25) is 5.90 Å². The van der Waals surface area contributed by atoms with Gasteiger partial charge in [-0.25, -0.2) is 4.99 Å². The average Bonchev–Trinajstić information content (AvgIpc) is 2.67. The van der Waals surface area contributed by atoms with Gasteiger partial charge in [0, 0.05) is 12.1 Å². The Bertz CT molecular complexity index is 346. The molecule has 4 heteroatoms. The first-order valence-electron chi connectivity index (χ1n) is 4.50. The minimum absolute atomic E-state index is 0.00111. The van der Waals surface area contributed by atoms with Crippen LogP contribution in [0.2, 0.25) is 0 Å². The highest BCUT2D eigenvalue weighted by atomic mass is 16.5. The van der Waals surface area contributed by atoms with Crippen molar-refractivity contribution in [1.82, 2.24) is 0 Å². The second-order valence-electron chi connectivity index (χ2n) is 3.17. The fourth-order valence-electron chi connectivity index (χ4n) is 1.30. The molecule has 0 saturated carbocycles. The van der Waals surface area contributed by atoms with Crippen LogP contribution < -0.4 is 5.73 Å². The Morgan fingerprint density at radius 2 is 2.14 bits per heavy atom.